The molecular weight excluding hydrogens is 382 g/mol. The maximum absolute atomic E-state index is 12.5. The minimum atomic E-state index is 0.0421. The van der Waals surface area contributed by atoms with Crippen molar-refractivity contribution in [1.82, 2.24) is 19.4 Å². The van der Waals surface area contributed by atoms with Crippen LogP contribution in [0, 0.1) is 11.8 Å². The number of aromatic nitrogens is 3. The smallest absolute Gasteiger partial charge is 0.228 e. The Balaban J connectivity index is 1.63. The number of ether oxygens (including phenoxy) is 2. The highest BCUT2D eigenvalue weighted by atomic mass is 16.5. The van der Waals surface area contributed by atoms with Gasteiger partial charge in [-0.15, -0.1) is 0 Å². The number of aryl methyl sites for hydroxylation is 1. The molecule has 0 spiro atoms. The summed E-state index contributed by atoms with van der Waals surface area (Å²) in [4.78, 5) is 23.4. The second-order valence-corrected chi connectivity index (χ2v) is 7.97. The first-order chi connectivity index (χ1) is 14.4. The van der Waals surface area contributed by atoms with E-state index in [1.165, 1.54) is 0 Å². The third-order valence-electron chi connectivity index (χ3n) is 5.59. The van der Waals surface area contributed by atoms with E-state index in [1.54, 1.807) is 32.7 Å². The van der Waals surface area contributed by atoms with Gasteiger partial charge in [0.25, 0.3) is 0 Å². The van der Waals surface area contributed by atoms with E-state index in [0.29, 0.717) is 23.4 Å². The monoisotopic (exact) mass is 409 g/mol. The molecule has 158 valence electrons. The molecule has 8 heteroatoms. The molecule has 3 aromatic heterocycles. The van der Waals surface area contributed by atoms with Gasteiger partial charge in [0.15, 0.2) is 0 Å². The van der Waals surface area contributed by atoms with Crippen molar-refractivity contribution in [2.45, 2.75) is 6.42 Å². The zero-order valence-electron chi connectivity index (χ0n) is 18.0. The lowest BCUT2D eigenvalue weighted by atomic mass is 10.1. The highest BCUT2D eigenvalue weighted by molar-refractivity contribution is 5.96. The average molecular weight is 409 g/mol. The molecule has 0 radical (unpaired) electrons. The number of rotatable bonds is 7. The molecule has 2 unspecified atom stereocenters. The molecule has 1 fully saturated rings. The Morgan fingerprint density at radius 1 is 1.27 bits per heavy atom. The number of amides is 1. The molecule has 1 aliphatic rings. The Kier molecular flexibility index (Phi) is 5.34. The molecule has 3 aromatic rings. The van der Waals surface area contributed by atoms with Crippen LogP contribution in [0.15, 0.2) is 30.6 Å². The Hall–Kier alpha value is -3.13. The lowest BCUT2D eigenvalue weighted by Gasteiger charge is -2.12. The van der Waals surface area contributed by atoms with Crippen molar-refractivity contribution in [3.8, 4) is 22.9 Å². The standard InChI is InChI=1S/C22H27N5O3/c1-26(2)12-14-8-15(14)21(28)25-19-10-13-9-16(27(3)17(13)11-24-19)20-18(29-4)6-7-23-22(20)30-5/h6-7,9-11,14-15H,8,12H2,1-5H3,(H,24,25,28). The summed E-state index contributed by atoms with van der Waals surface area (Å²) in [5.41, 5.74) is 2.61. The van der Waals surface area contributed by atoms with Gasteiger partial charge in [-0.2, -0.15) is 0 Å². The maximum Gasteiger partial charge on any atom is 0.228 e. The van der Waals surface area contributed by atoms with Gasteiger partial charge in [0.2, 0.25) is 11.8 Å². The van der Waals surface area contributed by atoms with Crippen LogP contribution in [-0.2, 0) is 11.8 Å². The number of hydrogen-bond donors (Lipinski definition) is 1. The van der Waals surface area contributed by atoms with Gasteiger partial charge < -0.3 is 24.3 Å². The van der Waals surface area contributed by atoms with E-state index in [1.807, 2.05) is 37.8 Å². The quantitative estimate of drug-likeness (QED) is 0.646. The normalized spacial score (nSPS) is 17.9. The Morgan fingerprint density at radius 2 is 2.07 bits per heavy atom. The SMILES string of the molecule is COc1ccnc(OC)c1-c1cc2cc(NC(=O)C3CC3CN(C)C)ncc2n1C. The van der Waals surface area contributed by atoms with Crippen molar-refractivity contribution < 1.29 is 14.3 Å². The number of hydrogen-bond acceptors (Lipinski definition) is 6. The van der Waals surface area contributed by atoms with Gasteiger partial charge in [0.05, 0.1) is 31.6 Å². The zero-order valence-corrected chi connectivity index (χ0v) is 18.0. The molecule has 4 rings (SSSR count). The Labute approximate surface area is 175 Å². The number of carbonyl (C=O) groups is 1. The fourth-order valence-electron chi connectivity index (χ4n) is 3.99. The molecule has 1 amide bonds. The number of nitrogens with zero attached hydrogens (tertiary/aromatic N) is 4. The summed E-state index contributed by atoms with van der Waals surface area (Å²) in [6.07, 6.45) is 4.36. The third kappa shape index (κ3) is 3.70. The summed E-state index contributed by atoms with van der Waals surface area (Å²) >= 11 is 0. The lowest BCUT2D eigenvalue weighted by molar-refractivity contribution is -0.117. The van der Waals surface area contributed by atoms with Crippen molar-refractivity contribution >= 4 is 22.6 Å². The fraction of sp³-hybridized carbons (Fsp3) is 0.409. The summed E-state index contributed by atoms with van der Waals surface area (Å²) in [5.74, 6) is 2.26. The van der Waals surface area contributed by atoms with Crippen molar-refractivity contribution in [3.05, 3.63) is 30.6 Å². The second kappa shape index (κ2) is 7.95. The molecule has 2 atom stereocenters. The topological polar surface area (TPSA) is 81.5 Å². The average Bonchev–Trinajstić information content (AvgIpc) is 3.42. The first-order valence-corrected chi connectivity index (χ1v) is 9.91. The lowest BCUT2D eigenvalue weighted by Crippen LogP contribution is -2.20. The number of carbonyl (C=O) groups excluding carboxylic acids is 1. The molecule has 0 bridgehead atoms. The van der Waals surface area contributed by atoms with Gasteiger partial charge in [-0.1, -0.05) is 0 Å². The largest absolute Gasteiger partial charge is 0.496 e. The van der Waals surface area contributed by atoms with E-state index in [-0.39, 0.29) is 11.8 Å². The summed E-state index contributed by atoms with van der Waals surface area (Å²) < 4.78 is 13.0. The summed E-state index contributed by atoms with van der Waals surface area (Å²) in [6, 6.07) is 5.73. The molecule has 0 aliphatic heterocycles. The van der Waals surface area contributed by atoms with Gasteiger partial charge in [-0.05, 0) is 44.6 Å². The molecule has 1 aliphatic carbocycles. The molecule has 30 heavy (non-hydrogen) atoms. The van der Waals surface area contributed by atoms with Crippen LogP contribution in [0.2, 0.25) is 0 Å². The third-order valence-corrected chi connectivity index (χ3v) is 5.59. The summed E-state index contributed by atoms with van der Waals surface area (Å²) in [7, 11) is 9.23. The van der Waals surface area contributed by atoms with Crippen LogP contribution >= 0.6 is 0 Å². The predicted octanol–water partition coefficient (Wildman–Crippen LogP) is 2.79. The number of anilines is 1. The van der Waals surface area contributed by atoms with E-state index in [2.05, 4.69) is 20.2 Å². The van der Waals surface area contributed by atoms with Crippen molar-refractivity contribution in [1.29, 1.82) is 0 Å². The van der Waals surface area contributed by atoms with Crippen LogP contribution in [0.5, 0.6) is 11.6 Å². The zero-order chi connectivity index (χ0) is 21.4. The van der Waals surface area contributed by atoms with E-state index >= 15 is 0 Å². The van der Waals surface area contributed by atoms with Crippen LogP contribution in [0.25, 0.3) is 22.2 Å². The van der Waals surface area contributed by atoms with Gasteiger partial charge in [0, 0.05) is 31.1 Å². The van der Waals surface area contributed by atoms with Crippen LogP contribution in [0.1, 0.15) is 6.42 Å². The van der Waals surface area contributed by atoms with E-state index in [9.17, 15) is 4.79 Å². The Morgan fingerprint density at radius 3 is 2.77 bits per heavy atom. The van der Waals surface area contributed by atoms with Crippen LogP contribution < -0.4 is 14.8 Å². The van der Waals surface area contributed by atoms with Gasteiger partial charge >= 0.3 is 0 Å². The van der Waals surface area contributed by atoms with Crippen LogP contribution in [0.3, 0.4) is 0 Å². The summed E-state index contributed by atoms with van der Waals surface area (Å²) in [6.45, 7) is 0.932. The van der Waals surface area contributed by atoms with Gasteiger partial charge in [-0.3, -0.25) is 4.79 Å². The highest BCUT2D eigenvalue weighted by Gasteiger charge is 2.43. The summed E-state index contributed by atoms with van der Waals surface area (Å²) in [5, 5.41) is 3.94. The second-order valence-electron chi connectivity index (χ2n) is 7.97. The maximum atomic E-state index is 12.5. The predicted molar refractivity (Wildman–Crippen MR) is 116 cm³/mol. The minimum Gasteiger partial charge on any atom is -0.496 e. The Bertz CT molecular complexity index is 1070. The molecule has 1 saturated carbocycles. The van der Waals surface area contributed by atoms with Gasteiger partial charge in [0.1, 0.15) is 17.1 Å². The van der Waals surface area contributed by atoms with Crippen molar-refractivity contribution in [2.75, 3.05) is 40.2 Å². The number of nitrogens with one attached hydrogen (secondary N) is 1. The molecule has 8 nitrogen and oxygen atoms in total. The minimum absolute atomic E-state index is 0.0421. The van der Waals surface area contributed by atoms with Crippen LogP contribution in [0.4, 0.5) is 5.82 Å². The molecule has 0 saturated heterocycles. The van der Waals surface area contributed by atoms with Crippen molar-refractivity contribution in [3.63, 3.8) is 0 Å². The number of pyridine rings is 2. The van der Waals surface area contributed by atoms with Gasteiger partial charge in [-0.25, -0.2) is 9.97 Å². The van der Waals surface area contributed by atoms with Crippen molar-refractivity contribution in [2.24, 2.45) is 18.9 Å². The first kappa shape index (κ1) is 20.2. The molecule has 1 N–H and O–H groups in total. The first-order valence-electron chi connectivity index (χ1n) is 9.91. The molecule has 3 heterocycles. The fourth-order valence-corrected chi connectivity index (χ4v) is 3.99. The molecular formula is C22H27N5O3. The number of methoxy groups -OCH3 is 2. The van der Waals surface area contributed by atoms with E-state index in [0.717, 1.165) is 35.1 Å². The number of fused-ring (bicyclic) bond motifs is 1. The van der Waals surface area contributed by atoms with E-state index < -0.39 is 0 Å². The van der Waals surface area contributed by atoms with Crippen LogP contribution in [-0.4, -0.2) is 60.2 Å². The highest BCUT2D eigenvalue weighted by Crippen LogP contribution is 2.41. The van der Waals surface area contributed by atoms with E-state index in [4.69, 9.17) is 9.47 Å². The molecule has 0 aromatic carbocycles.